The second kappa shape index (κ2) is 2.62. The second-order valence-corrected chi connectivity index (χ2v) is 2.98. The minimum Gasteiger partial charge on any atom is -0.351 e. The predicted octanol–water partition coefficient (Wildman–Crippen LogP) is 0.829. The monoisotopic (exact) mass is 166 g/mol. The Bertz CT molecular complexity index is 302. The van der Waals surface area contributed by atoms with Crippen LogP contribution in [0.5, 0.6) is 0 Å². The molecule has 1 aromatic heterocycles. The summed E-state index contributed by atoms with van der Waals surface area (Å²) in [6.07, 6.45) is 2.66. The van der Waals surface area contributed by atoms with Crippen molar-refractivity contribution in [2.24, 2.45) is 0 Å². The molecule has 4 heteroatoms. The van der Waals surface area contributed by atoms with Crippen LogP contribution in [0.4, 0.5) is 0 Å². The van der Waals surface area contributed by atoms with Crippen LogP contribution in [-0.4, -0.2) is 29.1 Å². The fourth-order valence-electron chi connectivity index (χ4n) is 1.16. The molecule has 0 saturated carbocycles. The third-order valence-electron chi connectivity index (χ3n) is 2.09. The van der Waals surface area contributed by atoms with E-state index in [9.17, 15) is 4.79 Å². The van der Waals surface area contributed by atoms with E-state index in [1.807, 2.05) is 6.92 Å². The molecule has 0 N–H and O–H groups in total. The van der Waals surface area contributed by atoms with E-state index < -0.39 is 0 Å². The Morgan fingerprint density at radius 2 is 2.42 bits per heavy atom. The molecular formula is C8H10N2O2. The number of amides is 1. The summed E-state index contributed by atoms with van der Waals surface area (Å²) in [5, 5.41) is 3.56. The molecule has 0 radical (unpaired) electrons. The third-order valence-corrected chi connectivity index (χ3v) is 2.09. The first-order chi connectivity index (χ1) is 5.79. The van der Waals surface area contributed by atoms with E-state index in [4.69, 9.17) is 4.52 Å². The number of aryl methyl sites for hydroxylation is 1. The summed E-state index contributed by atoms with van der Waals surface area (Å²) in [5.74, 6) is 0.353. The fraction of sp³-hybridized carbons (Fsp3) is 0.500. The molecule has 2 heterocycles. The topological polar surface area (TPSA) is 46.3 Å². The second-order valence-electron chi connectivity index (χ2n) is 2.98. The Balaban J connectivity index is 2.19. The van der Waals surface area contributed by atoms with Crippen molar-refractivity contribution in [2.75, 3.05) is 13.1 Å². The van der Waals surface area contributed by atoms with Gasteiger partial charge in [0.1, 0.15) is 0 Å². The zero-order valence-electron chi connectivity index (χ0n) is 6.91. The van der Waals surface area contributed by atoms with Crippen LogP contribution >= 0.6 is 0 Å². The fourth-order valence-corrected chi connectivity index (χ4v) is 1.16. The van der Waals surface area contributed by atoms with Crippen molar-refractivity contribution in [3.63, 3.8) is 0 Å². The number of nitrogens with zero attached hydrogens (tertiary/aromatic N) is 2. The highest BCUT2D eigenvalue weighted by Gasteiger charge is 2.25. The molecule has 1 aliphatic rings. The lowest BCUT2D eigenvalue weighted by Crippen LogP contribution is -2.42. The van der Waals surface area contributed by atoms with Crippen LogP contribution in [0.3, 0.4) is 0 Å². The van der Waals surface area contributed by atoms with Crippen LogP contribution in [0.1, 0.15) is 22.5 Å². The smallest absolute Gasteiger partial charge is 0.292 e. The maximum atomic E-state index is 11.5. The van der Waals surface area contributed by atoms with E-state index in [0.29, 0.717) is 5.76 Å². The van der Waals surface area contributed by atoms with Gasteiger partial charge in [-0.3, -0.25) is 4.79 Å². The summed E-state index contributed by atoms with van der Waals surface area (Å²) in [4.78, 5) is 13.3. The Kier molecular flexibility index (Phi) is 1.60. The number of carbonyl (C=O) groups is 1. The molecule has 1 saturated heterocycles. The normalized spacial score (nSPS) is 15.9. The van der Waals surface area contributed by atoms with Gasteiger partial charge in [-0.1, -0.05) is 5.16 Å². The van der Waals surface area contributed by atoms with Crippen molar-refractivity contribution in [1.29, 1.82) is 0 Å². The molecule has 2 rings (SSSR count). The minimum atomic E-state index is -0.0312. The number of hydrogen-bond donors (Lipinski definition) is 0. The highest BCUT2D eigenvalue weighted by atomic mass is 16.5. The van der Waals surface area contributed by atoms with E-state index in [1.54, 1.807) is 11.1 Å². The molecule has 12 heavy (non-hydrogen) atoms. The number of carbonyl (C=O) groups excluding carboxylic acids is 1. The Hall–Kier alpha value is -1.32. The first-order valence-corrected chi connectivity index (χ1v) is 3.99. The molecule has 64 valence electrons. The first kappa shape index (κ1) is 7.34. The summed E-state index contributed by atoms with van der Waals surface area (Å²) >= 11 is 0. The van der Waals surface area contributed by atoms with Crippen LogP contribution < -0.4 is 0 Å². The minimum absolute atomic E-state index is 0.0312. The van der Waals surface area contributed by atoms with Gasteiger partial charge in [-0.15, -0.1) is 0 Å². The van der Waals surface area contributed by atoms with Gasteiger partial charge in [0.2, 0.25) is 5.76 Å². The Labute approximate surface area is 70.1 Å². The number of aromatic nitrogens is 1. The van der Waals surface area contributed by atoms with Gasteiger partial charge in [0.15, 0.2) is 0 Å². The molecule has 1 aromatic rings. The van der Waals surface area contributed by atoms with Gasteiger partial charge in [0.25, 0.3) is 5.91 Å². The van der Waals surface area contributed by atoms with Gasteiger partial charge in [-0.05, 0) is 13.3 Å². The van der Waals surface area contributed by atoms with E-state index >= 15 is 0 Å². The van der Waals surface area contributed by atoms with Crippen LogP contribution in [-0.2, 0) is 0 Å². The average Bonchev–Trinajstić information content (AvgIpc) is 2.31. The highest BCUT2D eigenvalue weighted by molar-refractivity contribution is 5.93. The largest absolute Gasteiger partial charge is 0.351 e. The number of rotatable bonds is 1. The Morgan fingerprint density at radius 3 is 2.83 bits per heavy atom. The van der Waals surface area contributed by atoms with Crippen LogP contribution in [0.2, 0.25) is 0 Å². The lowest BCUT2D eigenvalue weighted by Gasteiger charge is -2.29. The molecular weight excluding hydrogens is 156 g/mol. The van der Waals surface area contributed by atoms with Gasteiger partial charge in [0.05, 0.1) is 6.20 Å². The van der Waals surface area contributed by atoms with Crippen molar-refractivity contribution in [3.05, 3.63) is 17.5 Å². The van der Waals surface area contributed by atoms with Crippen LogP contribution in [0.15, 0.2) is 10.7 Å². The first-order valence-electron chi connectivity index (χ1n) is 3.99. The standard InChI is InChI=1S/C8H10N2O2/c1-6-5-9-12-7(6)8(11)10-3-2-4-10/h5H,2-4H2,1H3. The lowest BCUT2D eigenvalue weighted by atomic mass is 10.2. The quantitative estimate of drug-likeness (QED) is 0.620. The summed E-state index contributed by atoms with van der Waals surface area (Å²) < 4.78 is 4.84. The SMILES string of the molecule is Cc1cnoc1C(=O)N1CCC1. The molecule has 0 aliphatic carbocycles. The summed E-state index contributed by atoms with van der Waals surface area (Å²) in [7, 11) is 0. The van der Waals surface area contributed by atoms with Gasteiger partial charge in [-0.2, -0.15) is 0 Å². The molecule has 0 spiro atoms. The van der Waals surface area contributed by atoms with Gasteiger partial charge in [-0.25, -0.2) is 0 Å². The van der Waals surface area contributed by atoms with Crippen LogP contribution in [0.25, 0.3) is 0 Å². The number of likely N-dealkylation sites (tertiary alicyclic amines) is 1. The summed E-state index contributed by atoms with van der Waals surface area (Å²) in [6, 6.07) is 0. The molecule has 0 bridgehead atoms. The van der Waals surface area contributed by atoms with Gasteiger partial charge < -0.3 is 9.42 Å². The van der Waals surface area contributed by atoms with E-state index in [-0.39, 0.29) is 5.91 Å². The maximum absolute atomic E-state index is 11.5. The number of hydrogen-bond acceptors (Lipinski definition) is 3. The Morgan fingerprint density at radius 1 is 1.67 bits per heavy atom. The molecule has 1 aliphatic heterocycles. The van der Waals surface area contributed by atoms with Gasteiger partial charge >= 0.3 is 0 Å². The lowest BCUT2D eigenvalue weighted by molar-refractivity contribution is 0.0608. The summed E-state index contributed by atoms with van der Waals surface area (Å²) in [6.45, 7) is 3.52. The van der Waals surface area contributed by atoms with E-state index in [2.05, 4.69) is 5.16 Å². The predicted molar refractivity (Wildman–Crippen MR) is 41.8 cm³/mol. The van der Waals surface area contributed by atoms with Crippen molar-refractivity contribution < 1.29 is 9.32 Å². The molecule has 1 amide bonds. The van der Waals surface area contributed by atoms with Crippen molar-refractivity contribution in [3.8, 4) is 0 Å². The van der Waals surface area contributed by atoms with Crippen molar-refractivity contribution in [1.82, 2.24) is 10.1 Å². The van der Waals surface area contributed by atoms with Gasteiger partial charge in [0, 0.05) is 18.7 Å². The summed E-state index contributed by atoms with van der Waals surface area (Å²) in [5.41, 5.74) is 0.812. The van der Waals surface area contributed by atoms with Crippen molar-refractivity contribution >= 4 is 5.91 Å². The molecule has 4 nitrogen and oxygen atoms in total. The van der Waals surface area contributed by atoms with E-state index in [0.717, 1.165) is 25.1 Å². The zero-order valence-corrected chi connectivity index (χ0v) is 6.91. The average molecular weight is 166 g/mol. The highest BCUT2D eigenvalue weighted by Crippen LogP contribution is 2.14. The maximum Gasteiger partial charge on any atom is 0.292 e. The molecule has 1 fully saturated rings. The molecule has 0 atom stereocenters. The molecule has 0 aromatic carbocycles. The molecule has 0 unspecified atom stereocenters. The third kappa shape index (κ3) is 0.995. The van der Waals surface area contributed by atoms with E-state index in [1.165, 1.54) is 0 Å². The van der Waals surface area contributed by atoms with Crippen LogP contribution in [0, 0.1) is 6.92 Å². The van der Waals surface area contributed by atoms with Crippen molar-refractivity contribution in [2.45, 2.75) is 13.3 Å². The zero-order chi connectivity index (χ0) is 8.55.